The third-order valence-corrected chi connectivity index (χ3v) is 2.74. The highest BCUT2D eigenvalue weighted by Crippen LogP contribution is 2.26. The second-order valence-electron chi connectivity index (χ2n) is 3.98. The van der Waals surface area contributed by atoms with Gasteiger partial charge in [-0.2, -0.15) is 0 Å². The number of carbonyl (C=O) groups excluding carboxylic acids is 1. The maximum atomic E-state index is 13.8. The number of ether oxygens (including phenoxy) is 1. The summed E-state index contributed by atoms with van der Waals surface area (Å²) < 4.78 is 18.2. The summed E-state index contributed by atoms with van der Waals surface area (Å²) in [6.07, 6.45) is -3.36. The fraction of sp³-hybridized carbons (Fsp3) is 0.417. The smallest absolute Gasteiger partial charge is 0.308 e. The summed E-state index contributed by atoms with van der Waals surface area (Å²) in [6, 6.07) is 2.71. The first kappa shape index (κ1) is 14.4. The minimum atomic E-state index is -1.51. The van der Waals surface area contributed by atoms with Crippen LogP contribution < -0.4 is 5.73 Å². The van der Waals surface area contributed by atoms with Crippen LogP contribution in [0.15, 0.2) is 12.1 Å². The van der Waals surface area contributed by atoms with Gasteiger partial charge in [-0.25, -0.2) is 4.39 Å². The lowest BCUT2D eigenvalue weighted by Crippen LogP contribution is -2.23. The maximum absolute atomic E-state index is 13.8. The number of halogens is 1. The Hall–Kier alpha value is -1.66. The molecule has 1 aromatic rings. The molecule has 1 aromatic carbocycles. The molecule has 0 bridgehead atoms. The number of aliphatic hydroxyl groups excluding tert-OH is 2. The van der Waals surface area contributed by atoms with Crippen molar-refractivity contribution in [1.29, 1.82) is 0 Å². The lowest BCUT2D eigenvalue weighted by Gasteiger charge is -2.19. The van der Waals surface area contributed by atoms with Gasteiger partial charge in [0.05, 0.1) is 19.6 Å². The van der Waals surface area contributed by atoms with Crippen LogP contribution in [0.4, 0.5) is 10.1 Å². The molecule has 0 radical (unpaired) electrons. The lowest BCUT2D eigenvalue weighted by molar-refractivity contribution is -0.144. The van der Waals surface area contributed by atoms with Gasteiger partial charge < -0.3 is 20.7 Å². The summed E-state index contributed by atoms with van der Waals surface area (Å²) >= 11 is 0. The Morgan fingerprint density at radius 1 is 1.50 bits per heavy atom. The summed E-state index contributed by atoms with van der Waals surface area (Å²) in [6.45, 7) is 1.47. The van der Waals surface area contributed by atoms with E-state index in [1.54, 1.807) is 0 Å². The van der Waals surface area contributed by atoms with Gasteiger partial charge in [0.15, 0.2) is 0 Å². The first-order valence-electron chi connectivity index (χ1n) is 5.36. The summed E-state index contributed by atoms with van der Waals surface area (Å²) in [7, 11) is 1.16. The van der Waals surface area contributed by atoms with Gasteiger partial charge in [-0.1, -0.05) is 6.07 Å². The number of methoxy groups -OCH3 is 1. The molecule has 100 valence electrons. The Labute approximate surface area is 104 Å². The molecule has 0 aliphatic rings. The third kappa shape index (κ3) is 2.96. The number of hydrogen-bond donors (Lipinski definition) is 3. The van der Waals surface area contributed by atoms with Crippen LogP contribution in [0, 0.1) is 12.7 Å². The molecule has 2 unspecified atom stereocenters. The van der Waals surface area contributed by atoms with Crippen LogP contribution in [-0.4, -0.2) is 29.4 Å². The topological polar surface area (TPSA) is 92.8 Å². The van der Waals surface area contributed by atoms with Crippen molar-refractivity contribution in [2.45, 2.75) is 25.6 Å². The second-order valence-corrected chi connectivity index (χ2v) is 3.98. The minimum absolute atomic E-state index is 0.0990. The van der Waals surface area contributed by atoms with Gasteiger partial charge in [-0.15, -0.1) is 0 Å². The predicted molar refractivity (Wildman–Crippen MR) is 63.1 cm³/mol. The molecule has 6 heteroatoms. The molecular formula is C12H16FNO4. The van der Waals surface area contributed by atoms with Crippen molar-refractivity contribution in [2.75, 3.05) is 12.8 Å². The van der Waals surface area contributed by atoms with Crippen molar-refractivity contribution in [3.8, 4) is 0 Å². The van der Waals surface area contributed by atoms with E-state index < -0.39 is 30.4 Å². The van der Waals surface area contributed by atoms with Crippen molar-refractivity contribution < 1.29 is 24.1 Å². The van der Waals surface area contributed by atoms with Crippen LogP contribution in [0.2, 0.25) is 0 Å². The maximum Gasteiger partial charge on any atom is 0.308 e. The van der Waals surface area contributed by atoms with Crippen molar-refractivity contribution in [3.63, 3.8) is 0 Å². The highest BCUT2D eigenvalue weighted by molar-refractivity contribution is 5.69. The first-order chi connectivity index (χ1) is 8.38. The second kappa shape index (κ2) is 5.79. The number of nitrogen functional groups attached to an aromatic ring is 1. The Morgan fingerprint density at radius 3 is 2.67 bits per heavy atom. The lowest BCUT2D eigenvalue weighted by atomic mass is 9.99. The molecule has 0 spiro atoms. The largest absolute Gasteiger partial charge is 0.469 e. The van der Waals surface area contributed by atoms with Gasteiger partial charge in [0.1, 0.15) is 11.9 Å². The molecule has 5 nitrogen and oxygen atoms in total. The Bertz CT molecular complexity index is 450. The SMILES string of the molecule is COC(=O)CC(O)C(O)c1ccc(N)c(C)c1F. The standard InChI is InChI=1S/C12H16FNO4/c1-6-8(14)4-3-7(11(6)13)12(17)9(15)5-10(16)18-2/h3-4,9,12,15,17H,5,14H2,1-2H3. The zero-order valence-corrected chi connectivity index (χ0v) is 10.2. The van der Waals surface area contributed by atoms with Crippen molar-refractivity contribution in [3.05, 3.63) is 29.1 Å². The Balaban J connectivity index is 2.93. The van der Waals surface area contributed by atoms with Gasteiger partial charge in [-0.3, -0.25) is 4.79 Å². The van der Waals surface area contributed by atoms with E-state index in [1.165, 1.54) is 19.1 Å². The van der Waals surface area contributed by atoms with E-state index in [-0.39, 0.29) is 16.8 Å². The Kier molecular flexibility index (Phi) is 4.63. The van der Waals surface area contributed by atoms with Crippen LogP contribution in [0.25, 0.3) is 0 Å². The first-order valence-corrected chi connectivity index (χ1v) is 5.36. The number of anilines is 1. The molecule has 0 aliphatic carbocycles. The van der Waals surface area contributed by atoms with Gasteiger partial charge in [0, 0.05) is 16.8 Å². The van der Waals surface area contributed by atoms with Crippen molar-refractivity contribution in [1.82, 2.24) is 0 Å². The molecule has 0 saturated carbocycles. The summed E-state index contributed by atoms with van der Waals surface area (Å²) in [5.41, 5.74) is 5.86. The molecule has 4 N–H and O–H groups in total. The fourth-order valence-electron chi connectivity index (χ4n) is 1.52. The van der Waals surface area contributed by atoms with E-state index in [4.69, 9.17) is 5.73 Å². The fourth-order valence-corrected chi connectivity index (χ4v) is 1.52. The van der Waals surface area contributed by atoms with Crippen LogP contribution in [-0.2, 0) is 9.53 Å². The third-order valence-electron chi connectivity index (χ3n) is 2.74. The average molecular weight is 257 g/mol. The zero-order chi connectivity index (χ0) is 13.9. The number of esters is 1. The van der Waals surface area contributed by atoms with Crippen LogP contribution >= 0.6 is 0 Å². The molecule has 0 heterocycles. The number of rotatable bonds is 4. The van der Waals surface area contributed by atoms with Crippen LogP contribution in [0.1, 0.15) is 23.7 Å². The number of aliphatic hydroxyl groups is 2. The molecule has 1 rings (SSSR count). The molecule has 0 saturated heterocycles. The summed E-state index contributed by atoms with van der Waals surface area (Å²) in [5, 5.41) is 19.4. The average Bonchev–Trinajstić information content (AvgIpc) is 2.35. The number of carbonyl (C=O) groups is 1. The Morgan fingerprint density at radius 2 is 2.11 bits per heavy atom. The number of hydrogen-bond acceptors (Lipinski definition) is 5. The normalized spacial score (nSPS) is 14.1. The van der Waals surface area contributed by atoms with E-state index in [0.29, 0.717) is 0 Å². The quantitative estimate of drug-likeness (QED) is 0.544. The van der Waals surface area contributed by atoms with Crippen LogP contribution in [0.5, 0.6) is 0 Å². The predicted octanol–water partition coefficient (Wildman–Crippen LogP) is 0.674. The molecule has 0 amide bonds. The summed E-state index contributed by atoms with van der Waals surface area (Å²) in [5.74, 6) is -1.37. The van der Waals surface area contributed by atoms with E-state index in [2.05, 4.69) is 4.74 Å². The summed E-state index contributed by atoms with van der Waals surface area (Å²) in [4.78, 5) is 11.0. The van der Waals surface area contributed by atoms with Crippen molar-refractivity contribution in [2.24, 2.45) is 0 Å². The zero-order valence-electron chi connectivity index (χ0n) is 10.2. The van der Waals surface area contributed by atoms with E-state index in [9.17, 15) is 19.4 Å². The highest BCUT2D eigenvalue weighted by Gasteiger charge is 2.25. The van der Waals surface area contributed by atoms with Crippen LogP contribution in [0.3, 0.4) is 0 Å². The van der Waals surface area contributed by atoms with Gasteiger partial charge >= 0.3 is 5.97 Å². The van der Waals surface area contributed by atoms with Crippen molar-refractivity contribution >= 4 is 11.7 Å². The van der Waals surface area contributed by atoms with E-state index in [1.807, 2.05) is 0 Å². The van der Waals surface area contributed by atoms with Gasteiger partial charge in [0.2, 0.25) is 0 Å². The molecule has 0 aromatic heterocycles. The van der Waals surface area contributed by atoms with E-state index in [0.717, 1.165) is 7.11 Å². The van der Waals surface area contributed by atoms with E-state index >= 15 is 0 Å². The van der Waals surface area contributed by atoms with Gasteiger partial charge in [0.25, 0.3) is 0 Å². The number of nitrogens with two attached hydrogens (primary N) is 1. The molecule has 0 fully saturated rings. The molecule has 18 heavy (non-hydrogen) atoms. The molecule has 0 aliphatic heterocycles. The van der Waals surface area contributed by atoms with Gasteiger partial charge in [-0.05, 0) is 13.0 Å². The molecule has 2 atom stereocenters. The highest BCUT2D eigenvalue weighted by atomic mass is 19.1. The number of benzene rings is 1. The minimum Gasteiger partial charge on any atom is -0.469 e. The monoisotopic (exact) mass is 257 g/mol. The molecular weight excluding hydrogens is 241 g/mol.